The normalized spacial score (nSPS) is 15.7. The molecule has 1 aliphatic rings. The van der Waals surface area contributed by atoms with Crippen molar-refractivity contribution in [3.8, 4) is 0 Å². The molecular formula is C24H19N3O5. The van der Waals surface area contributed by atoms with Crippen LogP contribution in [0.1, 0.15) is 18.0 Å². The minimum Gasteiger partial charge on any atom is -0.481 e. The quantitative estimate of drug-likeness (QED) is 0.422. The molecule has 1 atom stereocenters. The van der Waals surface area contributed by atoms with Gasteiger partial charge in [-0.1, -0.05) is 36.4 Å². The molecule has 1 unspecified atom stereocenters. The second kappa shape index (κ2) is 8.73. The third-order valence-corrected chi connectivity index (χ3v) is 5.18. The lowest BCUT2D eigenvalue weighted by atomic mass is 9.96. The van der Waals surface area contributed by atoms with Crippen molar-refractivity contribution in [2.24, 2.45) is 0 Å². The van der Waals surface area contributed by atoms with E-state index in [1.165, 1.54) is 17.0 Å². The van der Waals surface area contributed by atoms with Crippen LogP contribution in [0.2, 0.25) is 0 Å². The Morgan fingerprint density at radius 1 is 0.969 bits per heavy atom. The third-order valence-electron chi connectivity index (χ3n) is 5.18. The van der Waals surface area contributed by atoms with Crippen LogP contribution in [0.15, 0.2) is 96.2 Å². The number of hydrogen-bond donors (Lipinski definition) is 2. The van der Waals surface area contributed by atoms with Crippen LogP contribution in [0.25, 0.3) is 0 Å². The second-order valence-corrected chi connectivity index (χ2v) is 7.22. The Morgan fingerprint density at radius 2 is 1.56 bits per heavy atom. The van der Waals surface area contributed by atoms with Gasteiger partial charge in [-0.3, -0.25) is 24.6 Å². The van der Waals surface area contributed by atoms with Gasteiger partial charge in [0.2, 0.25) is 0 Å². The van der Waals surface area contributed by atoms with Gasteiger partial charge in [-0.25, -0.2) is 0 Å². The maximum atomic E-state index is 13.6. The molecule has 8 nitrogen and oxygen atoms in total. The van der Waals surface area contributed by atoms with Crippen molar-refractivity contribution in [2.45, 2.75) is 12.5 Å². The van der Waals surface area contributed by atoms with E-state index < -0.39 is 16.9 Å². The summed E-state index contributed by atoms with van der Waals surface area (Å²) in [6, 6.07) is 23.0. The van der Waals surface area contributed by atoms with Crippen LogP contribution in [0, 0.1) is 10.1 Å². The summed E-state index contributed by atoms with van der Waals surface area (Å²) < 4.78 is 0. The number of anilines is 2. The zero-order chi connectivity index (χ0) is 22.7. The fourth-order valence-electron chi connectivity index (χ4n) is 3.80. The zero-order valence-corrected chi connectivity index (χ0v) is 16.8. The van der Waals surface area contributed by atoms with E-state index in [0.717, 1.165) is 0 Å². The molecular weight excluding hydrogens is 410 g/mol. The van der Waals surface area contributed by atoms with E-state index >= 15 is 0 Å². The smallest absolute Gasteiger partial charge is 0.307 e. The molecule has 0 saturated carbocycles. The maximum absolute atomic E-state index is 13.6. The van der Waals surface area contributed by atoms with E-state index in [1.54, 1.807) is 48.5 Å². The van der Waals surface area contributed by atoms with Gasteiger partial charge in [-0.05, 0) is 47.5 Å². The molecule has 32 heavy (non-hydrogen) atoms. The summed E-state index contributed by atoms with van der Waals surface area (Å²) in [6.45, 7) is 0. The topological polar surface area (TPSA) is 113 Å². The molecule has 3 aromatic rings. The predicted octanol–water partition coefficient (Wildman–Crippen LogP) is 4.52. The van der Waals surface area contributed by atoms with Gasteiger partial charge in [-0.2, -0.15) is 0 Å². The molecule has 1 aliphatic heterocycles. The zero-order valence-electron chi connectivity index (χ0n) is 16.8. The number of carboxylic acid groups (broad SMARTS) is 1. The minimum atomic E-state index is -1.08. The summed E-state index contributed by atoms with van der Waals surface area (Å²) >= 11 is 0. The average molecular weight is 429 g/mol. The average Bonchev–Trinajstić information content (AvgIpc) is 3.06. The van der Waals surface area contributed by atoms with Gasteiger partial charge in [0.05, 0.1) is 17.4 Å². The van der Waals surface area contributed by atoms with Crippen LogP contribution in [-0.2, 0) is 9.59 Å². The van der Waals surface area contributed by atoms with Crippen LogP contribution in [-0.4, -0.2) is 21.9 Å². The third kappa shape index (κ3) is 4.06. The largest absolute Gasteiger partial charge is 0.481 e. The molecule has 160 valence electrons. The van der Waals surface area contributed by atoms with Gasteiger partial charge in [0.15, 0.2) is 0 Å². The van der Waals surface area contributed by atoms with Crippen molar-refractivity contribution in [3.63, 3.8) is 0 Å². The molecule has 0 aliphatic carbocycles. The number of hydrogen-bond acceptors (Lipinski definition) is 5. The molecule has 0 saturated heterocycles. The Bertz CT molecular complexity index is 1190. The lowest BCUT2D eigenvalue weighted by molar-refractivity contribution is -0.384. The van der Waals surface area contributed by atoms with E-state index in [4.69, 9.17) is 0 Å². The van der Waals surface area contributed by atoms with Crippen molar-refractivity contribution in [1.29, 1.82) is 0 Å². The monoisotopic (exact) mass is 429 g/mol. The Kier molecular flexibility index (Phi) is 5.67. The number of non-ortho nitro benzene ring substituents is 1. The molecule has 0 bridgehead atoms. The van der Waals surface area contributed by atoms with Crippen molar-refractivity contribution in [3.05, 3.63) is 112 Å². The minimum absolute atomic E-state index is 0.0873. The standard InChI is InChI=1S/C24H19N3O5/c28-21(29)15-20-22(25-17-7-3-1-4-8-17)24(30)26(18-9-5-2-6-10-18)23(20)16-11-13-19(14-12-16)27(31)32/h1-14,23,25H,15H2,(H,28,29). The number of nitro groups is 1. The van der Waals surface area contributed by atoms with Gasteiger partial charge >= 0.3 is 5.97 Å². The van der Waals surface area contributed by atoms with E-state index in [9.17, 15) is 24.8 Å². The number of carbonyl (C=O) groups is 2. The number of aliphatic carboxylic acids is 1. The highest BCUT2D eigenvalue weighted by atomic mass is 16.6. The highest BCUT2D eigenvalue weighted by Gasteiger charge is 2.42. The molecule has 3 aromatic carbocycles. The number of nitro benzene ring substituents is 1. The van der Waals surface area contributed by atoms with E-state index in [-0.39, 0.29) is 23.7 Å². The number of rotatable bonds is 7. The van der Waals surface area contributed by atoms with Crippen molar-refractivity contribution < 1.29 is 19.6 Å². The number of para-hydroxylation sites is 2. The predicted molar refractivity (Wildman–Crippen MR) is 119 cm³/mol. The molecule has 4 rings (SSSR count). The highest BCUT2D eigenvalue weighted by molar-refractivity contribution is 6.12. The number of amides is 1. The summed E-state index contributed by atoms with van der Waals surface area (Å²) in [5.74, 6) is -1.46. The Balaban J connectivity index is 1.87. The van der Waals surface area contributed by atoms with Gasteiger partial charge in [0, 0.05) is 23.5 Å². The summed E-state index contributed by atoms with van der Waals surface area (Å²) in [4.78, 5) is 37.4. The fraction of sp³-hybridized carbons (Fsp3) is 0.0833. The van der Waals surface area contributed by atoms with E-state index in [0.29, 0.717) is 22.5 Å². The number of nitrogens with zero attached hydrogens (tertiary/aromatic N) is 2. The number of carboxylic acids is 1. The number of carbonyl (C=O) groups excluding carboxylic acids is 1. The van der Waals surface area contributed by atoms with Crippen LogP contribution in [0.3, 0.4) is 0 Å². The molecule has 0 spiro atoms. The number of benzene rings is 3. The van der Waals surface area contributed by atoms with Crippen molar-refractivity contribution in [1.82, 2.24) is 0 Å². The van der Waals surface area contributed by atoms with Gasteiger partial charge in [0.25, 0.3) is 11.6 Å². The molecule has 1 heterocycles. The van der Waals surface area contributed by atoms with E-state index in [2.05, 4.69) is 5.32 Å². The summed E-state index contributed by atoms with van der Waals surface area (Å²) in [6.07, 6.45) is -0.369. The van der Waals surface area contributed by atoms with Crippen LogP contribution in [0.4, 0.5) is 17.1 Å². The first-order valence-electron chi connectivity index (χ1n) is 9.85. The number of nitrogens with one attached hydrogen (secondary N) is 1. The second-order valence-electron chi connectivity index (χ2n) is 7.22. The summed E-state index contributed by atoms with van der Waals surface area (Å²) in [5, 5.41) is 23.8. The first-order chi connectivity index (χ1) is 15.5. The van der Waals surface area contributed by atoms with Gasteiger partial charge in [0.1, 0.15) is 5.70 Å². The van der Waals surface area contributed by atoms with Crippen LogP contribution >= 0.6 is 0 Å². The first-order valence-corrected chi connectivity index (χ1v) is 9.85. The van der Waals surface area contributed by atoms with Gasteiger partial charge < -0.3 is 10.4 Å². The maximum Gasteiger partial charge on any atom is 0.307 e. The van der Waals surface area contributed by atoms with Crippen LogP contribution < -0.4 is 10.2 Å². The Labute approximate surface area is 183 Å². The lowest BCUT2D eigenvalue weighted by Crippen LogP contribution is -2.31. The molecule has 2 N–H and O–H groups in total. The molecule has 0 aromatic heterocycles. The van der Waals surface area contributed by atoms with Crippen molar-refractivity contribution >= 4 is 28.9 Å². The summed E-state index contributed by atoms with van der Waals surface area (Å²) in [7, 11) is 0. The molecule has 8 heteroatoms. The molecule has 1 amide bonds. The lowest BCUT2D eigenvalue weighted by Gasteiger charge is -2.27. The molecule has 0 fully saturated rings. The fourth-order valence-corrected chi connectivity index (χ4v) is 3.80. The van der Waals surface area contributed by atoms with Crippen LogP contribution in [0.5, 0.6) is 0 Å². The van der Waals surface area contributed by atoms with Crippen molar-refractivity contribution in [2.75, 3.05) is 10.2 Å². The van der Waals surface area contributed by atoms with E-state index in [1.807, 2.05) is 24.3 Å². The molecule has 0 radical (unpaired) electrons. The highest BCUT2D eigenvalue weighted by Crippen LogP contribution is 2.43. The Morgan fingerprint density at radius 3 is 2.12 bits per heavy atom. The Hall–Kier alpha value is -4.46. The van der Waals surface area contributed by atoms with Gasteiger partial charge in [-0.15, -0.1) is 0 Å². The first kappa shape index (κ1) is 20.8. The summed E-state index contributed by atoms with van der Waals surface area (Å²) in [5.41, 5.74) is 2.30. The SMILES string of the molecule is O=C(O)CC1=C(Nc2ccccc2)C(=O)N(c2ccccc2)C1c1ccc([N+](=O)[O-])cc1.